The van der Waals surface area contributed by atoms with Crippen molar-refractivity contribution in [3.8, 4) is 11.3 Å². The smallest absolute Gasteiger partial charge is 0.261 e. The molecular formula is C9H7ClN2O2. The van der Waals surface area contributed by atoms with Crippen molar-refractivity contribution >= 4 is 11.6 Å². The normalized spacial score (nSPS) is 10.4. The zero-order valence-corrected chi connectivity index (χ0v) is 8.13. The third-order valence-electron chi connectivity index (χ3n) is 1.77. The maximum atomic E-state index is 11.5. The van der Waals surface area contributed by atoms with Crippen LogP contribution in [0, 0.1) is 6.92 Å². The van der Waals surface area contributed by atoms with Gasteiger partial charge in [-0.2, -0.15) is 0 Å². The summed E-state index contributed by atoms with van der Waals surface area (Å²) in [6.45, 7) is 1.71. The molecule has 2 aromatic rings. The predicted molar refractivity (Wildman–Crippen MR) is 52.3 cm³/mol. The SMILES string of the molecule is Cc1ncc(-c2ccc(Cl)o2)c(=O)[nH]1. The van der Waals surface area contributed by atoms with Gasteiger partial charge in [0.25, 0.3) is 5.56 Å². The Morgan fingerprint density at radius 1 is 1.50 bits per heavy atom. The van der Waals surface area contributed by atoms with Crippen LogP contribution in [0.5, 0.6) is 0 Å². The number of hydrogen-bond donors (Lipinski definition) is 1. The number of nitrogens with one attached hydrogen (secondary N) is 1. The molecule has 4 nitrogen and oxygen atoms in total. The Morgan fingerprint density at radius 3 is 2.86 bits per heavy atom. The average Bonchev–Trinajstić information content (AvgIpc) is 2.51. The topological polar surface area (TPSA) is 58.9 Å². The molecule has 5 heteroatoms. The summed E-state index contributed by atoms with van der Waals surface area (Å²) in [6, 6.07) is 3.21. The van der Waals surface area contributed by atoms with E-state index >= 15 is 0 Å². The molecule has 0 aliphatic carbocycles. The molecule has 0 radical (unpaired) electrons. The van der Waals surface area contributed by atoms with Crippen molar-refractivity contribution in [2.45, 2.75) is 6.92 Å². The zero-order valence-electron chi connectivity index (χ0n) is 7.37. The number of aryl methyl sites for hydroxylation is 1. The van der Waals surface area contributed by atoms with Crippen LogP contribution in [0.1, 0.15) is 5.82 Å². The fourth-order valence-corrected chi connectivity index (χ4v) is 1.26. The van der Waals surface area contributed by atoms with Crippen molar-refractivity contribution in [1.29, 1.82) is 0 Å². The quantitative estimate of drug-likeness (QED) is 0.783. The molecule has 2 aromatic heterocycles. The first-order chi connectivity index (χ1) is 6.66. The van der Waals surface area contributed by atoms with Gasteiger partial charge in [-0.25, -0.2) is 4.98 Å². The molecule has 72 valence electrons. The van der Waals surface area contributed by atoms with Crippen LogP contribution in [0.2, 0.25) is 5.22 Å². The van der Waals surface area contributed by atoms with E-state index in [1.807, 2.05) is 0 Å². The molecule has 0 saturated carbocycles. The maximum absolute atomic E-state index is 11.5. The van der Waals surface area contributed by atoms with E-state index in [2.05, 4.69) is 9.97 Å². The van der Waals surface area contributed by atoms with Crippen LogP contribution in [0.3, 0.4) is 0 Å². The van der Waals surface area contributed by atoms with Crippen molar-refractivity contribution in [1.82, 2.24) is 9.97 Å². The molecule has 0 bridgehead atoms. The van der Waals surface area contributed by atoms with Crippen LogP contribution >= 0.6 is 11.6 Å². The second-order valence-electron chi connectivity index (χ2n) is 2.82. The third kappa shape index (κ3) is 1.56. The second kappa shape index (κ2) is 3.31. The van der Waals surface area contributed by atoms with E-state index in [4.69, 9.17) is 16.0 Å². The predicted octanol–water partition coefficient (Wildman–Crippen LogP) is 1.99. The second-order valence-corrected chi connectivity index (χ2v) is 3.19. The van der Waals surface area contributed by atoms with Crippen LogP contribution in [-0.2, 0) is 0 Å². The minimum Gasteiger partial charge on any atom is -0.444 e. The van der Waals surface area contributed by atoms with Gasteiger partial charge in [0.1, 0.15) is 17.1 Å². The highest BCUT2D eigenvalue weighted by atomic mass is 35.5. The number of hydrogen-bond acceptors (Lipinski definition) is 3. The molecule has 0 aliphatic rings. The summed E-state index contributed by atoms with van der Waals surface area (Å²) in [4.78, 5) is 18.0. The average molecular weight is 211 g/mol. The van der Waals surface area contributed by atoms with Gasteiger partial charge in [0.15, 0.2) is 5.22 Å². The van der Waals surface area contributed by atoms with Crippen molar-refractivity contribution in [3.63, 3.8) is 0 Å². The van der Waals surface area contributed by atoms with E-state index in [9.17, 15) is 4.79 Å². The minimum absolute atomic E-state index is 0.233. The Bertz CT molecular complexity index is 516. The van der Waals surface area contributed by atoms with Gasteiger partial charge in [-0.05, 0) is 30.7 Å². The molecule has 0 saturated heterocycles. The first-order valence-corrected chi connectivity index (χ1v) is 4.36. The molecule has 0 fully saturated rings. The fraction of sp³-hybridized carbons (Fsp3) is 0.111. The lowest BCUT2D eigenvalue weighted by Crippen LogP contribution is -2.10. The van der Waals surface area contributed by atoms with Crippen LogP contribution in [0.25, 0.3) is 11.3 Å². The summed E-state index contributed by atoms with van der Waals surface area (Å²) in [5.41, 5.74) is 0.144. The first kappa shape index (κ1) is 9.02. The van der Waals surface area contributed by atoms with Crippen LogP contribution in [0.15, 0.2) is 27.5 Å². The summed E-state index contributed by atoms with van der Waals surface area (Å²) < 4.78 is 5.10. The fourth-order valence-electron chi connectivity index (χ4n) is 1.12. The zero-order chi connectivity index (χ0) is 10.1. The molecule has 0 amide bonds. The van der Waals surface area contributed by atoms with E-state index in [-0.39, 0.29) is 10.8 Å². The van der Waals surface area contributed by atoms with E-state index in [0.29, 0.717) is 17.1 Å². The largest absolute Gasteiger partial charge is 0.444 e. The Morgan fingerprint density at radius 2 is 2.29 bits per heavy atom. The number of aromatic amines is 1. The van der Waals surface area contributed by atoms with Crippen molar-refractivity contribution in [2.24, 2.45) is 0 Å². The van der Waals surface area contributed by atoms with Crippen LogP contribution in [0.4, 0.5) is 0 Å². The molecule has 1 N–H and O–H groups in total. The summed E-state index contributed by atoms with van der Waals surface area (Å²) in [6.07, 6.45) is 1.46. The van der Waals surface area contributed by atoms with Gasteiger partial charge < -0.3 is 9.40 Å². The molecule has 0 spiro atoms. The van der Waals surface area contributed by atoms with Gasteiger partial charge in [0.05, 0.1) is 0 Å². The van der Waals surface area contributed by atoms with Crippen LogP contribution in [-0.4, -0.2) is 9.97 Å². The summed E-state index contributed by atoms with van der Waals surface area (Å²) in [5.74, 6) is 0.986. The Labute approximate surface area is 84.6 Å². The number of furan rings is 1. The lowest BCUT2D eigenvalue weighted by atomic mass is 10.2. The molecular weight excluding hydrogens is 204 g/mol. The maximum Gasteiger partial charge on any atom is 0.261 e. The molecule has 0 aliphatic heterocycles. The lowest BCUT2D eigenvalue weighted by molar-refractivity contribution is 0.583. The number of H-pyrrole nitrogens is 1. The summed E-state index contributed by atoms with van der Waals surface area (Å²) in [5, 5.41) is 0.250. The Balaban J connectivity index is 2.57. The molecule has 0 unspecified atom stereocenters. The van der Waals surface area contributed by atoms with Gasteiger partial charge >= 0.3 is 0 Å². The number of halogens is 1. The summed E-state index contributed by atoms with van der Waals surface area (Å²) >= 11 is 5.59. The third-order valence-corrected chi connectivity index (χ3v) is 1.97. The van der Waals surface area contributed by atoms with E-state index < -0.39 is 0 Å². The molecule has 0 aromatic carbocycles. The Hall–Kier alpha value is -1.55. The summed E-state index contributed by atoms with van der Waals surface area (Å²) in [7, 11) is 0. The molecule has 14 heavy (non-hydrogen) atoms. The van der Waals surface area contributed by atoms with E-state index in [1.165, 1.54) is 6.20 Å². The highest BCUT2D eigenvalue weighted by Gasteiger charge is 2.07. The molecule has 2 heterocycles. The van der Waals surface area contributed by atoms with Gasteiger partial charge in [-0.15, -0.1) is 0 Å². The number of nitrogens with zero attached hydrogens (tertiary/aromatic N) is 1. The van der Waals surface area contributed by atoms with E-state index in [1.54, 1.807) is 19.1 Å². The standard InChI is InChI=1S/C9H7ClN2O2/c1-5-11-4-6(9(13)12-5)7-2-3-8(10)14-7/h2-4H,1H3,(H,11,12,13). The highest BCUT2D eigenvalue weighted by molar-refractivity contribution is 6.28. The highest BCUT2D eigenvalue weighted by Crippen LogP contribution is 2.20. The Kier molecular flexibility index (Phi) is 2.13. The minimum atomic E-state index is -0.233. The monoisotopic (exact) mass is 210 g/mol. The lowest BCUT2D eigenvalue weighted by Gasteiger charge is -1.95. The van der Waals surface area contributed by atoms with Gasteiger partial charge in [-0.1, -0.05) is 0 Å². The van der Waals surface area contributed by atoms with Gasteiger partial charge in [0, 0.05) is 6.20 Å². The number of aromatic nitrogens is 2. The van der Waals surface area contributed by atoms with Crippen LogP contribution < -0.4 is 5.56 Å². The van der Waals surface area contributed by atoms with Crippen molar-refractivity contribution in [3.05, 3.63) is 39.7 Å². The molecule has 2 rings (SSSR count). The van der Waals surface area contributed by atoms with Crippen molar-refractivity contribution in [2.75, 3.05) is 0 Å². The molecule has 0 atom stereocenters. The number of rotatable bonds is 1. The van der Waals surface area contributed by atoms with Crippen molar-refractivity contribution < 1.29 is 4.42 Å². The van der Waals surface area contributed by atoms with Gasteiger partial charge in [0.2, 0.25) is 0 Å². The van der Waals surface area contributed by atoms with Gasteiger partial charge in [-0.3, -0.25) is 4.79 Å². The van der Waals surface area contributed by atoms with E-state index in [0.717, 1.165) is 0 Å². The first-order valence-electron chi connectivity index (χ1n) is 3.98.